The maximum absolute atomic E-state index is 12.3. The first-order valence-corrected chi connectivity index (χ1v) is 8.27. The van der Waals surface area contributed by atoms with Crippen molar-refractivity contribution < 1.29 is 4.79 Å². The van der Waals surface area contributed by atoms with Gasteiger partial charge in [0.2, 0.25) is 5.91 Å². The summed E-state index contributed by atoms with van der Waals surface area (Å²) in [6.45, 7) is 4.43. The lowest BCUT2D eigenvalue weighted by atomic mass is 10.0. The van der Waals surface area contributed by atoms with Crippen LogP contribution in [0.15, 0.2) is 53.3 Å². The Bertz CT molecular complexity index is 946. The van der Waals surface area contributed by atoms with Crippen molar-refractivity contribution >= 4 is 22.5 Å². The molecule has 0 aliphatic rings. The molecule has 0 saturated heterocycles. The monoisotopic (exact) mass is 336 g/mol. The van der Waals surface area contributed by atoms with Crippen LogP contribution in [0.5, 0.6) is 0 Å². The Morgan fingerprint density at radius 2 is 1.84 bits per heavy atom. The number of amides is 1. The van der Waals surface area contributed by atoms with Crippen LogP contribution in [-0.4, -0.2) is 20.9 Å². The van der Waals surface area contributed by atoms with Crippen molar-refractivity contribution in [3.8, 4) is 0 Å². The highest BCUT2D eigenvalue weighted by atomic mass is 16.2. The molecule has 25 heavy (non-hydrogen) atoms. The summed E-state index contributed by atoms with van der Waals surface area (Å²) in [6, 6.07) is 14.8. The van der Waals surface area contributed by atoms with Gasteiger partial charge in [0.1, 0.15) is 5.52 Å². The van der Waals surface area contributed by atoms with Gasteiger partial charge < -0.3 is 5.32 Å². The van der Waals surface area contributed by atoms with Crippen molar-refractivity contribution in [3.63, 3.8) is 0 Å². The SMILES string of the molecule is CC(C)c1ccc(NC(=O)CCn2nnc3ccccc3c2=O)cc1. The summed E-state index contributed by atoms with van der Waals surface area (Å²) < 4.78 is 1.23. The Hall–Kier alpha value is -3.02. The largest absolute Gasteiger partial charge is 0.326 e. The van der Waals surface area contributed by atoms with Gasteiger partial charge in [-0.2, -0.15) is 0 Å². The average molecular weight is 336 g/mol. The van der Waals surface area contributed by atoms with E-state index in [-0.39, 0.29) is 24.4 Å². The third-order valence-corrected chi connectivity index (χ3v) is 4.04. The molecular formula is C19H20N4O2. The molecule has 6 nitrogen and oxygen atoms in total. The first kappa shape index (κ1) is 16.8. The number of rotatable bonds is 5. The molecule has 0 spiro atoms. The zero-order valence-electron chi connectivity index (χ0n) is 14.3. The van der Waals surface area contributed by atoms with Crippen LogP contribution in [0.3, 0.4) is 0 Å². The number of fused-ring (bicyclic) bond motifs is 1. The average Bonchev–Trinajstić information content (AvgIpc) is 2.62. The lowest BCUT2D eigenvalue weighted by Gasteiger charge is -2.09. The van der Waals surface area contributed by atoms with Crippen molar-refractivity contribution in [2.45, 2.75) is 32.7 Å². The second kappa shape index (κ2) is 7.25. The number of carbonyl (C=O) groups is 1. The fourth-order valence-corrected chi connectivity index (χ4v) is 2.55. The Morgan fingerprint density at radius 1 is 1.12 bits per heavy atom. The summed E-state index contributed by atoms with van der Waals surface area (Å²) in [5.41, 5.74) is 2.28. The standard InChI is InChI=1S/C19H20N4O2/c1-13(2)14-7-9-15(10-8-14)20-18(24)11-12-23-19(25)16-5-3-4-6-17(16)21-22-23/h3-10,13H,11-12H2,1-2H3,(H,20,24). The van der Waals surface area contributed by atoms with E-state index < -0.39 is 0 Å². The van der Waals surface area contributed by atoms with E-state index in [0.717, 1.165) is 5.69 Å². The van der Waals surface area contributed by atoms with Gasteiger partial charge in [0.25, 0.3) is 5.56 Å². The molecule has 0 aliphatic carbocycles. The number of aryl methyl sites for hydroxylation is 1. The molecular weight excluding hydrogens is 316 g/mol. The third-order valence-electron chi connectivity index (χ3n) is 4.04. The molecule has 0 saturated carbocycles. The van der Waals surface area contributed by atoms with Crippen LogP contribution >= 0.6 is 0 Å². The van der Waals surface area contributed by atoms with Crippen LogP contribution in [0.25, 0.3) is 10.9 Å². The number of nitrogens with zero attached hydrogens (tertiary/aromatic N) is 3. The third kappa shape index (κ3) is 3.91. The quantitative estimate of drug-likeness (QED) is 0.777. The molecule has 128 valence electrons. The van der Waals surface area contributed by atoms with Gasteiger partial charge in [0, 0.05) is 12.1 Å². The Morgan fingerprint density at radius 3 is 2.56 bits per heavy atom. The molecule has 0 fully saturated rings. The van der Waals surface area contributed by atoms with Crippen molar-refractivity contribution in [2.24, 2.45) is 0 Å². The number of hydrogen-bond acceptors (Lipinski definition) is 4. The molecule has 6 heteroatoms. The van der Waals surface area contributed by atoms with E-state index in [4.69, 9.17) is 0 Å². The predicted molar refractivity (Wildman–Crippen MR) is 97.6 cm³/mol. The summed E-state index contributed by atoms with van der Waals surface area (Å²) >= 11 is 0. The minimum absolute atomic E-state index is 0.152. The molecule has 2 aromatic carbocycles. The summed E-state index contributed by atoms with van der Waals surface area (Å²) in [5.74, 6) is 0.280. The van der Waals surface area contributed by atoms with E-state index in [9.17, 15) is 9.59 Å². The van der Waals surface area contributed by atoms with Gasteiger partial charge in [-0.15, -0.1) is 5.10 Å². The number of anilines is 1. The number of aromatic nitrogens is 3. The number of benzene rings is 2. The smallest absolute Gasteiger partial charge is 0.277 e. The van der Waals surface area contributed by atoms with E-state index in [2.05, 4.69) is 29.5 Å². The normalized spacial score (nSPS) is 11.0. The maximum atomic E-state index is 12.3. The topological polar surface area (TPSA) is 76.9 Å². The Balaban J connectivity index is 1.64. The van der Waals surface area contributed by atoms with Crippen molar-refractivity contribution in [1.82, 2.24) is 15.0 Å². The summed E-state index contributed by atoms with van der Waals surface area (Å²) in [5, 5.41) is 11.2. The van der Waals surface area contributed by atoms with Gasteiger partial charge >= 0.3 is 0 Å². The zero-order valence-corrected chi connectivity index (χ0v) is 14.3. The predicted octanol–water partition coefficient (Wildman–Crippen LogP) is 2.94. The highest BCUT2D eigenvalue weighted by Gasteiger charge is 2.08. The van der Waals surface area contributed by atoms with Crippen LogP contribution in [0.2, 0.25) is 0 Å². The van der Waals surface area contributed by atoms with Gasteiger partial charge in [-0.05, 0) is 35.7 Å². The minimum atomic E-state index is -0.236. The summed E-state index contributed by atoms with van der Waals surface area (Å²) in [6.07, 6.45) is 0.152. The second-order valence-corrected chi connectivity index (χ2v) is 6.21. The van der Waals surface area contributed by atoms with E-state index in [1.54, 1.807) is 24.3 Å². The van der Waals surface area contributed by atoms with Crippen LogP contribution < -0.4 is 10.9 Å². The number of carbonyl (C=O) groups excluding carboxylic acids is 1. The van der Waals surface area contributed by atoms with E-state index in [1.165, 1.54) is 10.2 Å². The van der Waals surface area contributed by atoms with Gasteiger partial charge in [0.05, 0.1) is 11.9 Å². The molecule has 0 unspecified atom stereocenters. The minimum Gasteiger partial charge on any atom is -0.326 e. The highest BCUT2D eigenvalue weighted by molar-refractivity contribution is 5.90. The van der Waals surface area contributed by atoms with Crippen molar-refractivity contribution in [2.75, 3.05) is 5.32 Å². The van der Waals surface area contributed by atoms with Gasteiger partial charge in [-0.25, -0.2) is 4.68 Å². The zero-order chi connectivity index (χ0) is 17.8. The molecule has 3 rings (SSSR count). The van der Waals surface area contributed by atoms with Crippen molar-refractivity contribution in [3.05, 3.63) is 64.4 Å². The number of hydrogen-bond donors (Lipinski definition) is 1. The molecule has 1 heterocycles. The lowest BCUT2D eigenvalue weighted by molar-refractivity contribution is -0.116. The maximum Gasteiger partial charge on any atom is 0.277 e. The molecule has 0 atom stereocenters. The van der Waals surface area contributed by atoms with Crippen LogP contribution in [0.4, 0.5) is 5.69 Å². The first-order valence-electron chi connectivity index (χ1n) is 8.27. The fraction of sp³-hybridized carbons (Fsp3) is 0.263. The summed E-state index contributed by atoms with van der Waals surface area (Å²) in [7, 11) is 0. The molecule has 1 aromatic heterocycles. The molecule has 1 N–H and O–H groups in total. The Labute approximate surface area is 145 Å². The van der Waals surface area contributed by atoms with Crippen LogP contribution in [0, 0.1) is 0 Å². The molecule has 0 radical (unpaired) electrons. The van der Waals surface area contributed by atoms with Gasteiger partial charge in [0.15, 0.2) is 0 Å². The fourth-order valence-electron chi connectivity index (χ4n) is 2.55. The highest BCUT2D eigenvalue weighted by Crippen LogP contribution is 2.17. The first-order chi connectivity index (χ1) is 12.0. The van der Waals surface area contributed by atoms with E-state index >= 15 is 0 Å². The van der Waals surface area contributed by atoms with Gasteiger partial charge in [-0.1, -0.05) is 43.3 Å². The molecule has 0 aliphatic heterocycles. The van der Waals surface area contributed by atoms with Crippen LogP contribution in [0.1, 0.15) is 31.7 Å². The summed E-state index contributed by atoms with van der Waals surface area (Å²) in [4.78, 5) is 24.4. The molecule has 3 aromatic rings. The second-order valence-electron chi connectivity index (χ2n) is 6.21. The number of nitrogens with one attached hydrogen (secondary N) is 1. The van der Waals surface area contributed by atoms with Crippen molar-refractivity contribution in [1.29, 1.82) is 0 Å². The Kier molecular flexibility index (Phi) is 4.88. The van der Waals surface area contributed by atoms with Gasteiger partial charge in [-0.3, -0.25) is 9.59 Å². The molecule has 0 bridgehead atoms. The molecule has 1 amide bonds. The van der Waals surface area contributed by atoms with E-state index in [1.807, 2.05) is 24.3 Å². The van der Waals surface area contributed by atoms with E-state index in [0.29, 0.717) is 16.8 Å². The lowest BCUT2D eigenvalue weighted by Crippen LogP contribution is -2.26. The van der Waals surface area contributed by atoms with Crippen LogP contribution in [-0.2, 0) is 11.3 Å².